The predicted octanol–water partition coefficient (Wildman–Crippen LogP) is 3.54. The third-order valence-corrected chi connectivity index (χ3v) is 3.25. The van der Waals surface area contributed by atoms with E-state index in [0.717, 1.165) is 23.4 Å². The summed E-state index contributed by atoms with van der Waals surface area (Å²) in [6, 6.07) is 9.21. The van der Waals surface area contributed by atoms with Crippen LogP contribution in [0, 0.1) is 19.7 Å². The lowest BCUT2D eigenvalue weighted by molar-refractivity contribution is 0.598. The number of hydrogen-bond acceptors (Lipinski definition) is 2. The highest BCUT2D eigenvalue weighted by molar-refractivity contribution is 5.34. The van der Waals surface area contributed by atoms with Crippen LogP contribution >= 0.6 is 0 Å². The summed E-state index contributed by atoms with van der Waals surface area (Å²) in [5.41, 5.74) is 3.84. The first-order valence-corrected chi connectivity index (χ1v) is 6.54. The van der Waals surface area contributed by atoms with Gasteiger partial charge in [-0.3, -0.25) is 4.98 Å². The van der Waals surface area contributed by atoms with Crippen molar-refractivity contribution in [2.45, 2.75) is 26.8 Å². The van der Waals surface area contributed by atoms with Crippen molar-refractivity contribution in [3.8, 4) is 0 Å². The molecule has 0 amide bonds. The van der Waals surface area contributed by atoms with Crippen LogP contribution in [0.1, 0.15) is 35.3 Å². The molecular formula is C16H19FN2. The average Bonchev–Trinajstić information content (AvgIpc) is 2.40. The molecule has 0 aliphatic rings. The van der Waals surface area contributed by atoms with Gasteiger partial charge in [-0.2, -0.15) is 0 Å². The molecular weight excluding hydrogens is 239 g/mol. The van der Waals surface area contributed by atoms with E-state index in [0.29, 0.717) is 5.56 Å². The van der Waals surface area contributed by atoms with Crippen molar-refractivity contribution in [1.82, 2.24) is 10.3 Å². The quantitative estimate of drug-likeness (QED) is 0.907. The monoisotopic (exact) mass is 258 g/mol. The highest BCUT2D eigenvalue weighted by Gasteiger charge is 2.17. The number of pyridine rings is 1. The SMILES string of the molecule is CCNC(c1ccc(F)c(C)c1)c1ncccc1C. The van der Waals surface area contributed by atoms with Crippen molar-refractivity contribution in [3.05, 3.63) is 64.7 Å². The molecule has 1 unspecified atom stereocenters. The molecule has 0 bridgehead atoms. The normalized spacial score (nSPS) is 12.4. The summed E-state index contributed by atoms with van der Waals surface area (Å²) >= 11 is 0. The molecule has 0 radical (unpaired) electrons. The van der Waals surface area contributed by atoms with Crippen LogP contribution in [-0.2, 0) is 0 Å². The van der Waals surface area contributed by atoms with E-state index in [-0.39, 0.29) is 11.9 Å². The van der Waals surface area contributed by atoms with Crippen LogP contribution in [0.5, 0.6) is 0 Å². The van der Waals surface area contributed by atoms with Crippen LogP contribution < -0.4 is 5.32 Å². The third kappa shape index (κ3) is 2.99. The highest BCUT2D eigenvalue weighted by atomic mass is 19.1. The van der Waals surface area contributed by atoms with Crippen LogP contribution in [-0.4, -0.2) is 11.5 Å². The fourth-order valence-electron chi connectivity index (χ4n) is 2.22. The van der Waals surface area contributed by atoms with Gasteiger partial charge in [-0.25, -0.2) is 4.39 Å². The number of nitrogens with zero attached hydrogens (tertiary/aromatic N) is 1. The van der Waals surface area contributed by atoms with E-state index in [9.17, 15) is 4.39 Å². The molecule has 100 valence electrons. The molecule has 1 aromatic heterocycles. The number of nitrogens with one attached hydrogen (secondary N) is 1. The zero-order valence-electron chi connectivity index (χ0n) is 11.6. The first-order valence-electron chi connectivity index (χ1n) is 6.54. The summed E-state index contributed by atoms with van der Waals surface area (Å²) in [5, 5.41) is 3.42. The van der Waals surface area contributed by atoms with Gasteiger partial charge in [-0.1, -0.05) is 25.1 Å². The maximum absolute atomic E-state index is 13.4. The predicted molar refractivity (Wildman–Crippen MR) is 75.6 cm³/mol. The Kier molecular flexibility index (Phi) is 4.27. The molecule has 0 spiro atoms. The smallest absolute Gasteiger partial charge is 0.126 e. The molecule has 3 heteroatoms. The molecule has 2 aromatic rings. The molecule has 0 saturated carbocycles. The Balaban J connectivity index is 2.45. The summed E-state index contributed by atoms with van der Waals surface area (Å²) in [6.45, 7) is 6.72. The maximum atomic E-state index is 13.4. The number of aromatic nitrogens is 1. The summed E-state index contributed by atoms with van der Waals surface area (Å²) in [7, 11) is 0. The standard InChI is InChI=1S/C16H19FN2/c1-4-18-16(15-11(2)6-5-9-19-15)13-7-8-14(17)12(3)10-13/h5-10,16,18H,4H2,1-3H3. The van der Waals surface area contributed by atoms with Gasteiger partial charge in [0.05, 0.1) is 11.7 Å². The summed E-state index contributed by atoms with van der Waals surface area (Å²) in [6.07, 6.45) is 1.79. The Hall–Kier alpha value is -1.74. The number of hydrogen-bond donors (Lipinski definition) is 1. The molecule has 2 rings (SSSR count). The van der Waals surface area contributed by atoms with Crippen molar-refractivity contribution in [1.29, 1.82) is 0 Å². The van der Waals surface area contributed by atoms with Gasteiger partial charge in [0.1, 0.15) is 5.82 Å². The van der Waals surface area contributed by atoms with Crippen molar-refractivity contribution < 1.29 is 4.39 Å². The third-order valence-electron chi connectivity index (χ3n) is 3.25. The van der Waals surface area contributed by atoms with Gasteiger partial charge in [0.15, 0.2) is 0 Å². The number of aryl methyl sites for hydroxylation is 2. The summed E-state index contributed by atoms with van der Waals surface area (Å²) < 4.78 is 13.4. The van der Waals surface area contributed by atoms with Crippen molar-refractivity contribution in [2.75, 3.05) is 6.54 Å². The van der Waals surface area contributed by atoms with Crippen LogP contribution in [0.2, 0.25) is 0 Å². The van der Waals surface area contributed by atoms with Gasteiger partial charge < -0.3 is 5.32 Å². The van der Waals surface area contributed by atoms with E-state index in [4.69, 9.17) is 0 Å². The van der Waals surface area contributed by atoms with Crippen molar-refractivity contribution in [3.63, 3.8) is 0 Å². The lowest BCUT2D eigenvalue weighted by atomic mass is 9.98. The highest BCUT2D eigenvalue weighted by Crippen LogP contribution is 2.24. The van der Waals surface area contributed by atoms with Crippen LogP contribution in [0.25, 0.3) is 0 Å². The first kappa shape index (κ1) is 13.7. The Bertz CT molecular complexity index is 566. The second-order valence-electron chi connectivity index (χ2n) is 4.70. The van der Waals surface area contributed by atoms with E-state index in [2.05, 4.69) is 17.2 Å². The minimum absolute atomic E-state index is 0.00509. The Morgan fingerprint density at radius 2 is 2.00 bits per heavy atom. The molecule has 0 aliphatic carbocycles. The van der Waals surface area contributed by atoms with Gasteiger partial charge in [0, 0.05) is 6.20 Å². The summed E-state index contributed by atoms with van der Waals surface area (Å²) in [4.78, 5) is 4.47. The Labute approximate surface area is 113 Å². The van der Waals surface area contributed by atoms with Gasteiger partial charge in [-0.05, 0) is 49.2 Å². The Morgan fingerprint density at radius 1 is 1.21 bits per heavy atom. The summed E-state index contributed by atoms with van der Waals surface area (Å²) in [5.74, 6) is -0.170. The van der Waals surface area contributed by atoms with E-state index >= 15 is 0 Å². The Morgan fingerprint density at radius 3 is 2.63 bits per heavy atom. The van der Waals surface area contributed by atoms with E-state index in [1.807, 2.05) is 31.2 Å². The average molecular weight is 258 g/mol. The molecule has 1 heterocycles. The fourth-order valence-corrected chi connectivity index (χ4v) is 2.22. The topological polar surface area (TPSA) is 24.9 Å². The first-order chi connectivity index (χ1) is 9.13. The molecule has 19 heavy (non-hydrogen) atoms. The van der Waals surface area contributed by atoms with Gasteiger partial charge in [-0.15, -0.1) is 0 Å². The molecule has 2 nitrogen and oxygen atoms in total. The molecule has 0 aliphatic heterocycles. The second-order valence-corrected chi connectivity index (χ2v) is 4.70. The van der Waals surface area contributed by atoms with Crippen molar-refractivity contribution >= 4 is 0 Å². The van der Waals surface area contributed by atoms with Crippen LogP contribution in [0.15, 0.2) is 36.5 Å². The van der Waals surface area contributed by atoms with E-state index < -0.39 is 0 Å². The second kappa shape index (κ2) is 5.93. The molecule has 0 saturated heterocycles. The molecule has 1 aromatic carbocycles. The van der Waals surface area contributed by atoms with Gasteiger partial charge in [0.25, 0.3) is 0 Å². The zero-order valence-corrected chi connectivity index (χ0v) is 11.6. The minimum atomic E-state index is -0.170. The minimum Gasteiger partial charge on any atom is -0.305 e. The largest absolute Gasteiger partial charge is 0.305 e. The zero-order chi connectivity index (χ0) is 13.8. The van der Waals surface area contributed by atoms with Crippen LogP contribution in [0.4, 0.5) is 4.39 Å². The number of rotatable bonds is 4. The molecule has 1 N–H and O–H groups in total. The number of benzene rings is 1. The van der Waals surface area contributed by atoms with Crippen molar-refractivity contribution in [2.24, 2.45) is 0 Å². The number of halogens is 1. The lowest BCUT2D eigenvalue weighted by Gasteiger charge is -2.20. The molecule has 0 fully saturated rings. The van der Waals surface area contributed by atoms with Gasteiger partial charge in [0.2, 0.25) is 0 Å². The maximum Gasteiger partial charge on any atom is 0.126 e. The van der Waals surface area contributed by atoms with E-state index in [1.165, 1.54) is 6.07 Å². The van der Waals surface area contributed by atoms with Gasteiger partial charge >= 0.3 is 0 Å². The van der Waals surface area contributed by atoms with Crippen LogP contribution in [0.3, 0.4) is 0 Å². The fraction of sp³-hybridized carbons (Fsp3) is 0.312. The molecule has 1 atom stereocenters. The lowest BCUT2D eigenvalue weighted by Crippen LogP contribution is -2.24. The van der Waals surface area contributed by atoms with E-state index in [1.54, 1.807) is 13.1 Å².